The molecule has 0 saturated carbocycles. The molecule has 1 atom stereocenters. The minimum Gasteiger partial charge on any atom is -0.493 e. The van der Waals surface area contributed by atoms with Crippen molar-refractivity contribution >= 4 is 0 Å². The van der Waals surface area contributed by atoms with Gasteiger partial charge in [-0.3, -0.25) is 0 Å². The monoisotopic (exact) mass is 223 g/mol. The van der Waals surface area contributed by atoms with E-state index in [4.69, 9.17) is 14.3 Å². The fourth-order valence-electron chi connectivity index (χ4n) is 1.97. The minimum absolute atomic E-state index is 0.231. The van der Waals surface area contributed by atoms with Gasteiger partial charge in [-0.05, 0) is 18.6 Å². The Labute approximate surface area is 95.5 Å². The van der Waals surface area contributed by atoms with Crippen molar-refractivity contribution in [3.05, 3.63) is 23.3 Å². The zero-order chi connectivity index (χ0) is 11.5. The van der Waals surface area contributed by atoms with Crippen LogP contribution < -0.4 is 15.0 Å². The molecule has 0 spiro atoms. The van der Waals surface area contributed by atoms with E-state index in [1.165, 1.54) is 5.56 Å². The van der Waals surface area contributed by atoms with Gasteiger partial charge in [0.05, 0.1) is 14.2 Å². The first-order chi connectivity index (χ1) is 7.74. The van der Waals surface area contributed by atoms with E-state index in [9.17, 15) is 0 Å². The molecule has 1 aromatic rings. The van der Waals surface area contributed by atoms with Gasteiger partial charge in [-0.25, -0.2) is 0 Å². The van der Waals surface area contributed by atoms with Crippen molar-refractivity contribution in [2.75, 3.05) is 14.2 Å². The molecule has 2 rings (SSSR count). The summed E-state index contributed by atoms with van der Waals surface area (Å²) in [4.78, 5) is 4.84. The van der Waals surface area contributed by atoms with Crippen LogP contribution in [-0.4, -0.2) is 20.3 Å². The number of hydrogen-bond acceptors (Lipinski definition) is 4. The van der Waals surface area contributed by atoms with Gasteiger partial charge < -0.3 is 14.3 Å². The van der Waals surface area contributed by atoms with Crippen molar-refractivity contribution in [3.63, 3.8) is 0 Å². The molecule has 1 aromatic carbocycles. The lowest BCUT2D eigenvalue weighted by atomic mass is 10.1. The fourth-order valence-corrected chi connectivity index (χ4v) is 1.97. The molecule has 1 aliphatic heterocycles. The molecule has 0 aliphatic carbocycles. The van der Waals surface area contributed by atoms with Crippen molar-refractivity contribution in [2.45, 2.75) is 26.0 Å². The maximum Gasteiger partial charge on any atom is 0.164 e. The SMILES string of the molecule is CONCc1cc2c(c(OC)c1)OC(C)C2. The number of hydroxylamine groups is 1. The third-order valence-electron chi connectivity index (χ3n) is 2.66. The molecule has 1 unspecified atom stereocenters. The summed E-state index contributed by atoms with van der Waals surface area (Å²) in [6, 6.07) is 4.11. The van der Waals surface area contributed by atoms with E-state index >= 15 is 0 Å². The van der Waals surface area contributed by atoms with Crippen LogP contribution in [0.4, 0.5) is 0 Å². The Morgan fingerprint density at radius 3 is 2.94 bits per heavy atom. The van der Waals surface area contributed by atoms with Crippen molar-refractivity contribution < 1.29 is 14.3 Å². The Balaban J connectivity index is 2.28. The van der Waals surface area contributed by atoms with Gasteiger partial charge in [-0.1, -0.05) is 6.07 Å². The van der Waals surface area contributed by atoms with E-state index in [0.717, 1.165) is 23.5 Å². The minimum atomic E-state index is 0.231. The smallest absolute Gasteiger partial charge is 0.164 e. The number of nitrogens with one attached hydrogen (secondary N) is 1. The van der Waals surface area contributed by atoms with E-state index in [1.54, 1.807) is 14.2 Å². The van der Waals surface area contributed by atoms with Crippen LogP contribution in [0.1, 0.15) is 18.1 Å². The highest BCUT2D eigenvalue weighted by Gasteiger charge is 2.23. The predicted molar refractivity (Wildman–Crippen MR) is 60.6 cm³/mol. The first kappa shape index (κ1) is 11.2. The Bertz CT molecular complexity index is 379. The van der Waals surface area contributed by atoms with Crippen molar-refractivity contribution in [1.29, 1.82) is 0 Å². The summed E-state index contributed by atoms with van der Waals surface area (Å²) >= 11 is 0. The number of benzene rings is 1. The highest BCUT2D eigenvalue weighted by molar-refractivity contribution is 5.51. The molecule has 16 heavy (non-hydrogen) atoms. The Kier molecular flexibility index (Phi) is 3.31. The summed E-state index contributed by atoms with van der Waals surface area (Å²) in [5.74, 6) is 1.69. The molecule has 4 nitrogen and oxygen atoms in total. The van der Waals surface area contributed by atoms with Gasteiger partial charge in [0.2, 0.25) is 0 Å². The molecule has 0 aromatic heterocycles. The van der Waals surface area contributed by atoms with E-state index in [-0.39, 0.29) is 6.10 Å². The zero-order valence-electron chi connectivity index (χ0n) is 9.87. The molecular weight excluding hydrogens is 206 g/mol. The molecule has 1 N–H and O–H groups in total. The van der Waals surface area contributed by atoms with Gasteiger partial charge in [-0.15, -0.1) is 0 Å². The Morgan fingerprint density at radius 1 is 1.44 bits per heavy atom. The van der Waals surface area contributed by atoms with Crippen LogP contribution >= 0.6 is 0 Å². The van der Waals surface area contributed by atoms with E-state index in [1.807, 2.05) is 6.07 Å². The van der Waals surface area contributed by atoms with Crippen molar-refractivity contribution in [3.8, 4) is 11.5 Å². The van der Waals surface area contributed by atoms with E-state index in [0.29, 0.717) is 6.54 Å². The number of rotatable bonds is 4. The van der Waals surface area contributed by atoms with Crippen LogP contribution in [-0.2, 0) is 17.8 Å². The van der Waals surface area contributed by atoms with Crippen LogP contribution in [0.2, 0.25) is 0 Å². The second-order valence-corrected chi connectivity index (χ2v) is 3.94. The van der Waals surface area contributed by atoms with Gasteiger partial charge >= 0.3 is 0 Å². The largest absolute Gasteiger partial charge is 0.493 e. The second kappa shape index (κ2) is 4.72. The molecular formula is C12H17NO3. The lowest BCUT2D eigenvalue weighted by molar-refractivity contribution is 0.0866. The van der Waals surface area contributed by atoms with Gasteiger partial charge in [-0.2, -0.15) is 5.48 Å². The average molecular weight is 223 g/mol. The van der Waals surface area contributed by atoms with Gasteiger partial charge in [0.15, 0.2) is 11.5 Å². The average Bonchev–Trinajstić information content (AvgIpc) is 2.65. The zero-order valence-corrected chi connectivity index (χ0v) is 9.87. The number of methoxy groups -OCH3 is 1. The summed E-state index contributed by atoms with van der Waals surface area (Å²) in [6.07, 6.45) is 1.17. The summed E-state index contributed by atoms with van der Waals surface area (Å²) in [6.45, 7) is 2.72. The predicted octanol–water partition coefficient (Wildman–Crippen LogP) is 1.67. The quantitative estimate of drug-likeness (QED) is 0.788. The van der Waals surface area contributed by atoms with E-state index in [2.05, 4.69) is 18.5 Å². The number of hydrogen-bond donors (Lipinski definition) is 1. The third kappa shape index (κ3) is 2.13. The van der Waals surface area contributed by atoms with Crippen LogP contribution in [0, 0.1) is 0 Å². The maximum atomic E-state index is 5.71. The lowest BCUT2D eigenvalue weighted by Gasteiger charge is -2.10. The summed E-state index contributed by atoms with van der Waals surface area (Å²) < 4.78 is 11.0. The number of ether oxygens (including phenoxy) is 2. The summed E-state index contributed by atoms with van der Waals surface area (Å²) in [5.41, 5.74) is 5.16. The van der Waals surface area contributed by atoms with Crippen LogP contribution in [0.25, 0.3) is 0 Å². The van der Waals surface area contributed by atoms with Crippen molar-refractivity contribution in [1.82, 2.24) is 5.48 Å². The fraction of sp³-hybridized carbons (Fsp3) is 0.500. The third-order valence-corrected chi connectivity index (χ3v) is 2.66. The molecule has 1 heterocycles. The molecule has 0 radical (unpaired) electrons. The molecule has 1 aliphatic rings. The van der Waals surface area contributed by atoms with Crippen LogP contribution in [0.3, 0.4) is 0 Å². The normalized spacial score (nSPS) is 18.1. The summed E-state index contributed by atoms with van der Waals surface area (Å²) in [7, 11) is 3.27. The van der Waals surface area contributed by atoms with Gasteiger partial charge in [0.1, 0.15) is 6.10 Å². The Hall–Kier alpha value is -1.26. The highest BCUT2D eigenvalue weighted by Crippen LogP contribution is 2.38. The van der Waals surface area contributed by atoms with Gasteiger partial charge in [0, 0.05) is 18.5 Å². The first-order valence-electron chi connectivity index (χ1n) is 5.37. The standard InChI is InChI=1S/C12H17NO3/c1-8-4-10-5-9(7-13-15-3)6-11(14-2)12(10)16-8/h5-6,8,13H,4,7H2,1-3H3. The molecule has 0 bridgehead atoms. The van der Waals surface area contributed by atoms with Gasteiger partial charge in [0.25, 0.3) is 0 Å². The maximum absolute atomic E-state index is 5.71. The van der Waals surface area contributed by atoms with E-state index < -0.39 is 0 Å². The lowest BCUT2D eigenvalue weighted by Crippen LogP contribution is -2.10. The van der Waals surface area contributed by atoms with Crippen molar-refractivity contribution in [2.24, 2.45) is 0 Å². The Morgan fingerprint density at radius 2 is 2.25 bits per heavy atom. The molecule has 4 heteroatoms. The summed E-state index contributed by atoms with van der Waals surface area (Å²) in [5, 5.41) is 0. The first-order valence-corrected chi connectivity index (χ1v) is 5.37. The number of fused-ring (bicyclic) bond motifs is 1. The second-order valence-electron chi connectivity index (χ2n) is 3.94. The molecule has 0 saturated heterocycles. The highest BCUT2D eigenvalue weighted by atomic mass is 16.6. The molecule has 0 amide bonds. The van der Waals surface area contributed by atoms with Crippen LogP contribution in [0.5, 0.6) is 11.5 Å². The van der Waals surface area contributed by atoms with Crippen LogP contribution in [0.15, 0.2) is 12.1 Å². The topological polar surface area (TPSA) is 39.7 Å². The molecule has 88 valence electrons. The molecule has 0 fully saturated rings.